The Morgan fingerprint density at radius 1 is 1.53 bits per heavy atom. The molecule has 0 saturated heterocycles. The lowest BCUT2D eigenvalue weighted by atomic mass is 9.80. The monoisotopic (exact) mass is 233 g/mol. The van der Waals surface area contributed by atoms with Crippen LogP contribution >= 0.6 is 0 Å². The minimum absolute atomic E-state index is 0.706. The SMILES string of the molecule is CC1=CCCC(C)C1CNCc1ccnn1C. The zero-order valence-corrected chi connectivity index (χ0v) is 11.1. The highest BCUT2D eigenvalue weighted by Gasteiger charge is 2.21. The van der Waals surface area contributed by atoms with Crippen LogP contribution < -0.4 is 5.32 Å². The first-order valence-electron chi connectivity index (χ1n) is 6.52. The largest absolute Gasteiger partial charge is 0.311 e. The molecule has 0 aliphatic heterocycles. The van der Waals surface area contributed by atoms with E-state index < -0.39 is 0 Å². The second-order valence-electron chi connectivity index (χ2n) is 5.19. The molecule has 2 rings (SSSR count). The van der Waals surface area contributed by atoms with Crippen molar-refractivity contribution in [1.82, 2.24) is 15.1 Å². The Bertz CT molecular complexity index is 392. The number of nitrogens with one attached hydrogen (secondary N) is 1. The van der Waals surface area contributed by atoms with Crippen LogP contribution in [0.25, 0.3) is 0 Å². The van der Waals surface area contributed by atoms with Crippen LogP contribution in [0.4, 0.5) is 0 Å². The topological polar surface area (TPSA) is 29.9 Å². The number of aromatic nitrogens is 2. The van der Waals surface area contributed by atoms with Gasteiger partial charge in [0.2, 0.25) is 0 Å². The van der Waals surface area contributed by atoms with E-state index in [9.17, 15) is 0 Å². The summed E-state index contributed by atoms with van der Waals surface area (Å²) in [5, 5.41) is 7.73. The van der Waals surface area contributed by atoms with Crippen LogP contribution in [0.5, 0.6) is 0 Å². The van der Waals surface area contributed by atoms with Gasteiger partial charge < -0.3 is 5.32 Å². The van der Waals surface area contributed by atoms with Crippen LogP contribution in [0, 0.1) is 11.8 Å². The summed E-state index contributed by atoms with van der Waals surface area (Å²) in [6.45, 7) is 6.63. The third-order valence-electron chi connectivity index (χ3n) is 3.95. The Morgan fingerprint density at radius 3 is 3.00 bits per heavy atom. The molecule has 2 atom stereocenters. The third-order valence-corrected chi connectivity index (χ3v) is 3.95. The van der Waals surface area contributed by atoms with Crippen molar-refractivity contribution in [3.05, 3.63) is 29.6 Å². The number of nitrogens with zero attached hydrogens (tertiary/aromatic N) is 2. The highest BCUT2D eigenvalue weighted by Crippen LogP contribution is 2.29. The predicted octanol–water partition coefficient (Wildman–Crippen LogP) is 2.50. The fourth-order valence-corrected chi connectivity index (χ4v) is 2.67. The maximum atomic E-state index is 4.18. The first kappa shape index (κ1) is 12.4. The van der Waals surface area contributed by atoms with Gasteiger partial charge in [0, 0.05) is 26.3 Å². The van der Waals surface area contributed by atoms with Crippen molar-refractivity contribution < 1.29 is 0 Å². The van der Waals surface area contributed by atoms with Crippen molar-refractivity contribution in [3.63, 3.8) is 0 Å². The summed E-state index contributed by atoms with van der Waals surface area (Å²) in [4.78, 5) is 0. The van der Waals surface area contributed by atoms with Crippen LogP contribution in [0.3, 0.4) is 0 Å². The summed E-state index contributed by atoms with van der Waals surface area (Å²) < 4.78 is 1.93. The molecule has 0 fully saturated rings. The molecule has 0 saturated carbocycles. The number of allylic oxidation sites excluding steroid dienone is 1. The van der Waals surface area contributed by atoms with Gasteiger partial charge in [-0.2, -0.15) is 5.10 Å². The summed E-state index contributed by atoms with van der Waals surface area (Å²) >= 11 is 0. The third kappa shape index (κ3) is 2.97. The predicted molar refractivity (Wildman–Crippen MR) is 70.6 cm³/mol. The normalized spacial score (nSPS) is 24.8. The molecule has 0 spiro atoms. The molecule has 1 aliphatic rings. The van der Waals surface area contributed by atoms with Crippen LogP contribution in [-0.2, 0) is 13.6 Å². The average Bonchev–Trinajstić information content (AvgIpc) is 2.69. The van der Waals surface area contributed by atoms with E-state index in [1.54, 1.807) is 5.57 Å². The van der Waals surface area contributed by atoms with Crippen LogP contribution in [0.1, 0.15) is 32.4 Å². The first-order valence-corrected chi connectivity index (χ1v) is 6.52. The van der Waals surface area contributed by atoms with E-state index >= 15 is 0 Å². The molecule has 0 bridgehead atoms. The molecule has 94 valence electrons. The van der Waals surface area contributed by atoms with Crippen LogP contribution in [-0.4, -0.2) is 16.3 Å². The molecule has 0 aromatic carbocycles. The zero-order valence-electron chi connectivity index (χ0n) is 11.1. The van der Waals surface area contributed by atoms with Gasteiger partial charge in [-0.3, -0.25) is 4.68 Å². The van der Waals surface area contributed by atoms with Crippen LogP contribution in [0.15, 0.2) is 23.9 Å². The molecule has 1 aromatic rings. The van der Waals surface area contributed by atoms with Gasteiger partial charge >= 0.3 is 0 Å². The summed E-state index contributed by atoms with van der Waals surface area (Å²) in [5.74, 6) is 1.51. The van der Waals surface area contributed by atoms with Crippen molar-refractivity contribution in [3.8, 4) is 0 Å². The number of hydrogen-bond acceptors (Lipinski definition) is 2. The van der Waals surface area contributed by atoms with Gasteiger partial charge in [0.15, 0.2) is 0 Å². The lowest BCUT2D eigenvalue weighted by Crippen LogP contribution is -2.29. The second kappa shape index (κ2) is 5.50. The fraction of sp³-hybridized carbons (Fsp3) is 0.643. The maximum Gasteiger partial charge on any atom is 0.0518 e. The molecule has 1 heterocycles. The average molecular weight is 233 g/mol. The number of aryl methyl sites for hydroxylation is 1. The highest BCUT2D eigenvalue weighted by atomic mass is 15.3. The summed E-state index contributed by atoms with van der Waals surface area (Å²) in [6, 6.07) is 2.07. The van der Waals surface area contributed by atoms with E-state index in [4.69, 9.17) is 0 Å². The second-order valence-corrected chi connectivity index (χ2v) is 5.19. The minimum Gasteiger partial charge on any atom is -0.311 e. The van der Waals surface area contributed by atoms with Gasteiger partial charge in [-0.15, -0.1) is 0 Å². The van der Waals surface area contributed by atoms with Gasteiger partial charge in [0.25, 0.3) is 0 Å². The number of rotatable bonds is 4. The highest BCUT2D eigenvalue weighted by molar-refractivity contribution is 5.09. The molecule has 3 heteroatoms. The molecule has 17 heavy (non-hydrogen) atoms. The molecular weight excluding hydrogens is 210 g/mol. The lowest BCUT2D eigenvalue weighted by Gasteiger charge is -2.29. The smallest absolute Gasteiger partial charge is 0.0518 e. The maximum absolute atomic E-state index is 4.18. The van der Waals surface area contributed by atoms with Crippen molar-refractivity contribution in [1.29, 1.82) is 0 Å². The fourth-order valence-electron chi connectivity index (χ4n) is 2.67. The van der Waals surface area contributed by atoms with Crippen molar-refractivity contribution in [2.45, 2.75) is 33.2 Å². The Hall–Kier alpha value is -1.09. The van der Waals surface area contributed by atoms with Gasteiger partial charge in [-0.1, -0.05) is 18.6 Å². The Kier molecular flexibility index (Phi) is 4.00. The van der Waals surface area contributed by atoms with Gasteiger partial charge in [-0.05, 0) is 37.7 Å². The Labute approximate surface area is 104 Å². The van der Waals surface area contributed by atoms with Gasteiger partial charge in [0.1, 0.15) is 0 Å². The standard InChI is InChI=1S/C14H23N3/c1-11-5-4-6-12(2)14(11)10-15-9-13-7-8-16-17(13)3/h5,7-8,12,14-15H,4,6,9-10H2,1-3H3. The van der Waals surface area contributed by atoms with E-state index in [1.807, 2.05) is 17.9 Å². The Morgan fingerprint density at radius 2 is 2.35 bits per heavy atom. The Balaban J connectivity index is 1.84. The lowest BCUT2D eigenvalue weighted by molar-refractivity contribution is 0.348. The van der Waals surface area contributed by atoms with Gasteiger partial charge in [0.05, 0.1) is 5.69 Å². The molecule has 1 aliphatic carbocycles. The van der Waals surface area contributed by atoms with Crippen LogP contribution in [0.2, 0.25) is 0 Å². The summed E-state index contributed by atoms with van der Waals surface area (Å²) in [5.41, 5.74) is 2.80. The quantitative estimate of drug-likeness (QED) is 0.810. The number of hydrogen-bond donors (Lipinski definition) is 1. The van der Waals surface area contributed by atoms with E-state index in [0.29, 0.717) is 5.92 Å². The molecule has 2 unspecified atom stereocenters. The molecule has 1 aromatic heterocycles. The molecule has 0 amide bonds. The molecule has 3 nitrogen and oxygen atoms in total. The molecular formula is C14H23N3. The van der Waals surface area contributed by atoms with E-state index in [-0.39, 0.29) is 0 Å². The molecule has 1 N–H and O–H groups in total. The summed E-state index contributed by atoms with van der Waals surface area (Å²) in [7, 11) is 1.99. The van der Waals surface area contributed by atoms with E-state index in [0.717, 1.165) is 19.0 Å². The summed E-state index contributed by atoms with van der Waals surface area (Å²) in [6.07, 6.45) is 6.84. The minimum atomic E-state index is 0.706. The van der Waals surface area contributed by atoms with Crippen molar-refractivity contribution in [2.24, 2.45) is 18.9 Å². The zero-order chi connectivity index (χ0) is 12.3. The van der Waals surface area contributed by atoms with Crippen molar-refractivity contribution >= 4 is 0 Å². The van der Waals surface area contributed by atoms with Crippen molar-refractivity contribution in [2.75, 3.05) is 6.54 Å². The van der Waals surface area contributed by atoms with E-state index in [2.05, 4.69) is 36.4 Å². The first-order chi connectivity index (χ1) is 8.18. The molecule has 0 radical (unpaired) electrons. The van der Waals surface area contributed by atoms with E-state index in [1.165, 1.54) is 18.5 Å². The van der Waals surface area contributed by atoms with Gasteiger partial charge in [-0.25, -0.2) is 0 Å².